The van der Waals surface area contributed by atoms with Gasteiger partial charge in [-0.2, -0.15) is 0 Å². The van der Waals surface area contributed by atoms with E-state index in [9.17, 15) is 19.1 Å². The average Bonchev–Trinajstić information content (AvgIpc) is 3.12. The van der Waals surface area contributed by atoms with Crippen molar-refractivity contribution in [3.63, 3.8) is 0 Å². The molecule has 0 saturated carbocycles. The molecular weight excluding hydrogens is 477 g/mol. The highest BCUT2D eigenvalue weighted by molar-refractivity contribution is 6.51. The number of ether oxygens (including phenoxy) is 3. The third kappa shape index (κ3) is 4.28. The number of halogens is 2. The van der Waals surface area contributed by atoms with Gasteiger partial charge in [-0.25, -0.2) is 4.39 Å². The summed E-state index contributed by atoms with van der Waals surface area (Å²) in [6, 6.07) is 13.5. The van der Waals surface area contributed by atoms with Crippen LogP contribution in [0.3, 0.4) is 0 Å². The van der Waals surface area contributed by atoms with Crippen LogP contribution in [0.5, 0.6) is 17.2 Å². The zero-order valence-electron chi connectivity index (χ0n) is 19.0. The summed E-state index contributed by atoms with van der Waals surface area (Å²) < 4.78 is 30.4. The van der Waals surface area contributed by atoms with Gasteiger partial charge < -0.3 is 19.3 Å². The van der Waals surface area contributed by atoms with Crippen molar-refractivity contribution in [2.75, 3.05) is 26.2 Å². The predicted octanol–water partition coefficient (Wildman–Crippen LogP) is 5.13. The molecule has 9 heteroatoms. The number of carbonyl (C=O) groups is 2. The van der Waals surface area contributed by atoms with E-state index >= 15 is 0 Å². The SMILES string of the molecule is COc1cc(C2/C(=C(\O)c3cccc(Cl)c3)C(=O)C(=O)N2c2cccc(F)c2)cc(OC)c1OC. The first-order valence-corrected chi connectivity index (χ1v) is 10.8. The van der Waals surface area contributed by atoms with Crippen LogP contribution in [0.2, 0.25) is 5.02 Å². The number of carbonyl (C=O) groups excluding carboxylic acids is 2. The van der Waals surface area contributed by atoms with E-state index in [1.807, 2.05) is 0 Å². The molecule has 4 rings (SSSR count). The minimum absolute atomic E-state index is 0.135. The number of rotatable bonds is 6. The molecule has 1 aliphatic rings. The number of amides is 1. The number of ketones is 1. The van der Waals surface area contributed by atoms with Crippen LogP contribution < -0.4 is 19.1 Å². The zero-order chi connectivity index (χ0) is 25.3. The summed E-state index contributed by atoms with van der Waals surface area (Å²) in [5.41, 5.74) is 0.547. The van der Waals surface area contributed by atoms with Gasteiger partial charge in [-0.15, -0.1) is 0 Å². The molecule has 0 bridgehead atoms. The lowest BCUT2D eigenvalue weighted by molar-refractivity contribution is -0.132. The van der Waals surface area contributed by atoms with Crippen molar-refractivity contribution in [1.82, 2.24) is 0 Å². The molecule has 180 valence electrons. The summed E-state index contributed by atoms with van der Waals surface area (Å²) >= 11 is 6.08. The zero-order valence-corrected chi connectivity index (χ0v) is 19.8. The third-order valence-corrected chi connectivity index (χ3v) is 5.87. The van der Waals surface area contributed by atoms with Crippen LogP contribution in [0, 0.1) is 5.82 Å². The van der Waals surface area contributed by atoms with Crippen molar-refractivity contribution in [2.45, 2.75) is 6.04 Å². The fourth-order valence-electron chi connectivity index (χ4n) is 4.09. The second-order valence-corrected chi connectivity index (χ2v) is 8.05. The third-order valence-electron chi connectivity index (χ3n) is 5.63. The highest BCUT2D eigenvalue weighted by atomic mass is 35.5. The van der Waals surface area contributed by atoms with Gasteiger partial charge in [-0.1, -0.05) is 29.8 Å². The Balaban J connectivity index is 2.03. The molecule has 0 aliphatic carbocycles. The number of nitrogens with zero attached hydrogens (tertiary/aromatic N) is 1. The first-order valence-electron chi connectivity index (χ1n) is 10.4. The van der Waals surface area contributed by atoms with Crippen molar-refractivity contribution in [2.24, 2.45) is 0 Å². The molecule has 7 nitrogen and oxygen atoms in total. The smallest absolute Gasteiger partial charge is 0.300 e. The minimum atomic E-state index is -1.13. The van der Waals surface area contributed by atoms with E-state index in [1.165, 1.54) is 45.6 Å². The molecule has 0 spiro atoms. The van der Waals surface area contributed by atoms with Gasteiger partial charge >= 0.3 is 0 Å². The van der Waals surface area contributed by atoms with Gasteiger partial charge in [0.25, 0.3) is 11.7 Å². The molecule has 35 heavy (non-hydrogen) atoms. The van der Waals surface area contributed by atoms with Gasteiger partial charge in [0.05, 0.1) is 32.9 Å². The fourth-order valence-corrected chi connectivity index (χ4v) is 4.28. The van der Waals surface area contributed by atoms with E-state index < -0.39 is 29.3 Å². The van der Waals surface area contributed by atoms with Crippen LogP contribution in [0.1, 0.15) is 17.2 Å². The highest BCUT2D eigenvalue weighted by Crippen LogP contribution is 2.47. The summed E-state index contributed by atoms with van der Waals surface area (Å²) in [6.45, 7) is 0. The van der Waals surface area contributed by atoms with E-state index in [2.05, 4.69) is 0 Å². The molecular formula is C26H21ClFNO6. The maximum atomic E-state index is 14.1. The Morgan fingerprint density at radius 1 is 0.943 bits per heavy atom. The maximum Gasteiger partial charge on any atom is 0.300 e. The summed E-state index contributed by atoms with van der Waals surface area (Å²) in [5.74, 6) is -2.05. The topological polar surface area (TPSA) is 85.3 Å². The molecule has 0 radical (unpaired) electrons. The number of anilines is 1. The molecule has 3 aromatic rings. The number of aliphatic hydroxyl groups excluding tert-OH is 1. The molecule has 1 atom stereocenters. The molecule has 0 aromatic heterocycles. The lowest BCUT2D eigenvalue weighted by atomic mass is 9.94. The number of methoxy groups -OCH3 is 3. The molecule has 3 aromatic carbocycles. The quantitative estimate of drug-likeness (QED) is 0.289. The van der Waals surface area contributed by atoms with Crippen LogP contribution >= 0.6 is 11.6 Å². The standard InChI is InChI=1S/C26H21ClFNO6/c1-33-19-11-15(12-20(34-2)25(19)35-3)22-21(23(30)14-6-4-7-16(27)10-14)24(31)26(32)29(22)18-9-5-8-17(28)13-18/h4-13,22,30H,1-3H3/b23-21+. The van der Waals surface area contributed by atoms with E-state index in [4.69, 9.17) is 25.8 Å². The molecule has 1 unspecified atom stereocenters. The van der Waals surface area contributed by atoms with E-state index in [1.54, 1.807) is 30.3 Å². The molecule has 1 aliphatic heterocycles. The van der Waals surface area contributed by atoms with Gasteiger partial charge in [-0.05, 0) is 48.0 Å². The Morgan fingerprint density at radius 3 is 2.17 bits per heavy atom. The van der Waals surface area contributed by atoms with Crippen LogP contribution in [0.4, 0.5) is 10.1 Å². The van der Waals surface area contributed by atoms with Crippen LogP contribution in [-0.2, 0) is 9.59 Å². The number of hydrogen-bond acceptors (Lipinski definition) is 6. The molecule has 1 N–H and O–H groups in total. The summed E-state index contributed by atoms with van der Waals surface area (Å²) in [5, 5.41) is 11.5. The number of benzene rings is 3. The van der Waals surface area contributed by atoms with Crippen molar-refractivity contribution in [1.29, 1.82) is 0 Å². The maximum absolute atomic E-state index is 14.1. The van der Waals surface area contributed by atoms with E-state index in [0.717, 1.165) is 11.0 Å². The van der Waals surface area contributed by atoms with Gasteiger partial charge in [0, 0.05) is 16.3 Å². The summed E-state index contributed by atoms with van der Waals surface area (Å²) in [4.78, 5) is 27.6. The largest absolute Gasteiger partial charge is 0.507 e. The van der Waals surface area contributed by atoms with Crippen molar-refractivity contribution in [3.8, 4) is 17.2 Å². The fraction of sp³-hybridized carbons (Fsp3) is 0.154. The second kappa shape index (κ2) is 9.68. The Hall–Kier alpha value is -4.04. The van der Waals surface area contributed by atoms with Gasteiger partial charge in [0.1, 0.15) is 11.6 Å². The average molecular weight is 498 g/mol. The van der Waals surface area contributed by atoms with Crippen molar-refractivity contribution < 1.29 is 33.3 Å². The Morgan fingerprint density at radius 2 is 1.60 bits per heavy atom. The normalized spacial score (nSPS) is 16.9. The van der Waals surface area contributed by atoms with E-state index in [0.29, 0.717) is 16.3 Å². The second-order valence-electron chi connectivity index (χ2n) is 7.62. The van der Waals surface area contributed by atoms with Gasteiger partial charge in [0.15, 0.2) is 11.5 Å². The molecule has 1 saturated heterocycles. The number of hydrogen-bond donors (Lipinski definition) is 1. The highest BCUT2D eigenvalue weighted by Gasteiger charge is 2.47. The summed E-state index contributed by atoms with van der Waals surface area (Å²) in [7, 11) is 4.30. The Bertz CT molecular complexity index is 1330. The Kier molecular flexibility index (Phi) is 6.66. The van der Waals surface area contributed by atoms with Gasteiger partial charge in [-0.3, -0.25) is 14.5 Å². The number of aliphatic hydroxyl groups is 1. The Labute approximate surface area is 205 Å². The number of Topliss-reactive ketones (excluding diaryl/α,β-unsaturated/α-hetero) is 1. The minimum Gasteiger partial charge on any atom is -0.507 e. The first kappa shape index (κ1) is 24.1. The molecule has 1 heterocycles. The lowest BCUT2D eigenvalue weighted by Crippen LogP contribution is -2.29. The first-order chi connectivity index (χ1) is 16.8. The lowest BCUT2D eigenvalue weighted by Gasteiger charge is -2.26. The van der Waals surface area contributed by atoms with Gasteiger partial charge in [0.2, 0.25) is 5.75 Å². The predicted molar refractivity (Wildman–Crippen MR) is 129 cm³/mol. The summed E-state index contributed by atoms with van der Waals surface area (Å²) in [6.07, 6.45) is 0. The van der Waals surface area contributed by atoms with Crippen molar-refractivity contribution in [3.05, 3.63) is 88.2 Å². The monoisotopic (exact) mass is 497 g/mol. The van der Waals surface area contributed by atoms with E-state index in [-0.39, 0.29) is 28.3 Å². The van der Waals surface area contributed by atoms with Crippen LogP contribution in [-0.4, -0.2) is 38.1 Å². The van der Waals surface area contributed by atoms with Crippen molar-refractivity contribution >= 4 is 34.7 Å². The molecule has 1 fully saturated rings. The van der Waals surface area contributed by atoms with Crippen LogP contribution in [0.15, 0.2) is 66.2 Å². The van der Waals surface area contributed by atoms with Crippen LogP contribution in [0.25, 0.3) is 5.76 Å². The molecule has 1 amide bonds.